The molecule has 2 aliphatic rings. The molecule has 0 aromatic carbocycles. The Hall–Kier alpha value is -1.10. The first kappa shape index (κ1) is 15.3. The lowest BCUT2D eigenvalue weighted by molar-refractivity contribution is -0.160. The highest BCUT2D eigenvalue weighted by Crippen LogP contribution is 2.38. The van der Waals surface area contributed by atoms with Gasteiger partial charge in [0.2, 0.25) is 11.8 Å². The maximum Gasteiger partial charge on any atom is 0.249 e. The summed E-state index contributed by atoms with van der Waals surface area (Å²) in [6.07, 6.45) is 3.53. The van der Waals surface area contributed by atoms with E-state index in [9.17, 15) is 9.59 Å². The molecule has 0 bridgehead atoms. The number of carbonyl (C=O) groups excluding carboxylic acids is 2. The molecule has 2 amide bonds. The van der Waals surface area contributed by atoms with Crippen LogP contribution in [0.4, 0.5) is 0 Å². The lowest BCUT2D eigenvalue weighted by atomic mass is 9.80. The highest BCUT2D eigenvalue weighted by atomic mass is 16.5. The van der Waals surface area contributed by atoms with Crippen molar-refractivity contribution < 1.29 is 14.3 Å². The third kappa shape index (κ3) is 2.55. The van der Waals surface area contributed by atoms with E-state index in [1.165, 1.54) is 0 Å². The minimum absolute atomic E-state index is 0.0184. The zero-order chi connectivity index (χ0) is 15.0. The van der Waals surface area contributed by atoms with Crippen LogP contribution < -0.4 is 5.32 Å². The van der Waals surface area contributed by atoms with E-state index in [0.717, 1.165) is 25.7 Å². The standard InChI is InChI=1S/C15H26N2O3/c1-14(2,3)11-12(18)16-15(7-5-6-8-15)13(19)17(11)9-10-20-4/h11H,5-10H2,1-4H3,(H,16,18). The second-order valence-corrected chi connectivity index (χ2v) is 7.04. The third-order valence-corrected chi connectivity index (χ3v) is 4.41. The van der Waals surface area contributed by atoms with Crippen molar-refractivity contribution >= 4 is 11.8 Å². The zero-order valence-corrected chi connectivity index (χ0v) is 13.0. The van der Waals surface area contributed by atoms with Crippen molar-refractivity contribution in [2.24, 2.45) is 5.41 Å². The van der Waals surface area contributed by atoms with Crippen molar-refractivity contribution in [3.05, 3.63) is 0 Å². The molecular weight excluding hydrogens is 256 g/mol. The first-order valence-electron chi connectivity index (χ1n) is 7.44. The second kappa shape index (κ2) is 5.35. The van der Waals surface area contributed by atoms with Gasteiger partial charge in [0, 0.05) is 13.7 Å². The van der Waals surface area contributed by atoms with Crippen LogP contribution in [0.5, 0.6) is 0 Å². The maximum atomic E-state index is 12.9. The number of methoxy groups -OCH3 is 1. The minimum atomic E-state index is -0.646. The third-order valence-electron chi connectivity index (χ3n) is 4.41. The summed E-state index contributed by atoms with van der Waals surface area (Å²) in [6, 6.07) is -0.420. The molecule has 1 saturated carbocycles. The number of ether oxygens (including phenoxy) is 1. The molecule has 1 atom stereocenters. The molecule has 2 fully saturated rings. The van der Waals surface area contributed by atoms with E-state index in [4.69, 9.17) is 4.74 Å². The molecule has 2 rings (SSSR count). The predicted molar refractivity (Wildman–Crippen MR) is 76.2 cm³/mol. The summed E-state index contributed by atoms with van der Waals surface area (Å²) in [4.78, 5) is 27.2. The fraction of sp³-hybridized carbons (Fsp3) is 0.867. The summed E-state index contributed by atoms with van der Waals surface area (Å²) in [5.41, 5.74) is -0.930. The van der Waals surface area contributed by atoms with Crippen LogP contribution in [0.15, 0.2) is 0 Å². The van der Waals surface area contributed by atoms with Crippen LogP contribution >= 0.6 is 0 Å². The van der Waals surface area contributed by atoms with Gasteiger partial charge in [-0.25, -0.2) is 0 Å². The number of carbonyl (C=O) groups is 2. The SMILES string of the molecule is COCCN1C(=O)C2(CCCC2)NC(=O)C1C(C)(C)C. The van der Waals surface area contributed by atoms with Gasteiger partial charge in [-0.2, -0.15) is 0 Å². The molecule has 0 aromatic rings. The number of rotatable bonds is 3. The van der Waals surface area contributed by atoms with Gasteiger partial charge in [-0.3, -0.25) is 9.59 Å². The van der Waals surface area contributed by atoms with Gasteiger partial charge in [-0.1, -0.05) is 33.6 Å². The number of hydrogen-bond donors (Lipinski definition) is 1. The predicted octanol–water partition coefficient (Wildman–Crippen LogP) is 1.32. The summed E-state index contributed by atoms with van der Waals surface area (Å²) in [5, 5.41) is 3.03. The molecule has 0 radical (unpaired) electrons. The summed E-state index contributed by atoms with van der Waals surface area (Å²) in [7, 11) is 1.62. The van der Waals surface area contributed by atoms with Crippen LogP contribution in [0, 0.1) is 5.41 Å². The van der Waals surface area contributed by atoms with Crippen LogP contribution in [0.1, 0.15) is 46.5 Å². The van der Waals surface area contributed by atoms with Crippen molar-refractivity contribution in [3.8, 4) is 0 Å². The highest BCUT2D eigenvalue weighted by molar-refractivity contribution is 6.00. The summed E-state index contributed by atoms with van der Waals surface area (Å²) in [5.74, 6) is 0.0571. The normalized spacial score (nSPS) is 26.2. The summed E-state index contributed by atoms with van der Waals surface area (Å²) >= 11 is 0. The quantitative estimate of drug-likeness (QED) is 0.849. The summed E-state index contributed by atoms with van der Waals surface area (Å²) < 4.78 is 5.11. The van der Waals surface area contributed by atoms with E-state index >= 15 is 0 Å². The van der Waals surface area contributed by atoms with Gasteiger partial charge in [-0.05, 0) is 18.3 Å². The van der Waals surface area contributed by atoms with Crippen LogP contribution in [0.3, 0.4) is 0 Å². The fourth-order valence-corrected chi connectivity index (χ4v) is 3.49. The molecular formula is C15H26N2O3. The van der Waals surface area contributed by atoms with Crippen LogP contribution in [0.2, 0.25) is 0 Å². The van der Waals surface area contributed by atoms with Crippen molar-refractivity contribution in [3.63, 3.8) is 0 Å². The Balaban J connectivity index is 2.31. The van der Waals surface area contributed by atoms with Gasteiger partial charge in [0.05, 0.1) is 6.61 Å². The van der Waals surface area contributed by atoms with Gasteiger partial charge in [0.1, 0.15) is 11.6 Å². The average molecular weight is 282 g/mol. The van der Waals surface area contributed by atoms with Gasteiger partial charge in [0.25, 0.3) is 0 Å². The molecule has 20 heavy (non-hydrogen) atoms. The smallest absolute Gasteiger partial charge is 0.249 e. The lowest BCUT2D eigenvalue weighted by Gasteiger charge is -2.48. The molecule has 1 N–H and O–H groups in total. The van der Waals surface area contributed by atoms with E-state index < -0.39 is 11.6 Å². The maximum absolute atomic E-state index is 12.9. The van der Waals surface area contributed by atoms with Crippen LogP contribution in [0.25, 0.3) is 0 Å². The first-order valence-corrected chi connectivity index (χ1v) is 7.44. The Morgan fingerprint density at radius 2 is 1.90 bits per heavy atom. The van der Waals surface area contributed by atoms with E-state index in [2.05, 4.69) is 5.32 Å². The Morgan fingerprint density at radius 1 is 1.30 bits per heavy atom. The highest BCUT2D eigenvalue weighted by Gasteiger charge is 2.54. The molecule has 5 nitrogen and oxygen atoms in total. The number of hydrogen-bond acceptors (Lipinski definition) is 3. The number of nitrogens with zero attached hydrogens (tertiary/aromatic N) is 1. The molecule has 5 heteroatoms. The minimum Gasteiger partial charge on any atom is -0.383 e. The molecule has 1 spiro atoms. The van der Waals surface area contributed by atoms with Crippen LogP contribution in [-0.2, 0) is 14.3 Å². The molecule has 114 valence electrons. The number of piperazine rings is 1. The van der Waals surface area contributed by atoms with Gasteiger partial charge < -0.3 is 15.0 Å². The van der Waals surface area contributed by atoms with E-state index in [1.807, 2.05) is 20.8 Å². The summed E-state index contributed by atoms with van der Waals surface area (Å²) in [6.45, 7) is 6.93. The van der Waals surface area contributed by atoms with Crippen molar-refractivity contribution in [1.29, 1.82) is 0 Å². The van der Waals surface area contributed by atoms with Gasteiger partial charge >= 0.3 is 0 Å². The fourth-order valence-electron chi connectivity index (χ4n) is 3.49. The Bertz CT molecular complexity index is 394. The van der Waals surface area contributed by atoms with Gasteiger partial charge in [0.15, 0.2) is 0 Å². The van der Waals surface area contributed by atoms with Crippen LogP contribution in [-0.4, -0.2) is 48.6 Å². The molecule has 1 aliphatic carbocycles. The number of amides is 2. The monoisotopic (exact) mass is 282 g/mol. The average Bonchev–Trinajstić information content (AvgIpc) is 2.79. The molecule has 1 aliphatic heterocycles. The topological polar surface area (TPSA) is 58.6 Å². The second-order valence-electron chi connectivity index (χ2n) is 7.04. The Morgan fingerprint density at radius 3 is 2.40 bits per heavy atom. The van der Waals surface area contributed by atoms with E-state index in [0.29, 0.717) is 13.2 Å². The van der Waals surface area contributed by atoms with Crippen molar-refractivity contribution in [2.45, 2.75) is 58.0 Å². The molecule has 1 saturated heterocycles. The van der Waals surface area contributed by atoms with Crippen molar-refractivity contribution in [1.82, 2.24) is 10.2 Å². The first-order chi connectivity index (χ1) is 9.32. The Kier molecular flexibility index (Phi) is 4.09. The molecule has 0 aromatic heterocycles. The van der Waals surface area contributed by atoms with Crippen molar-refractivity contribution in [2.75, 3.05) is 20.3 Å². The molecule has 1 unspecified atom stereocenters. The largest absolute Gasteiger partial charge is 0.383 e. The van der Waals surface area contributed by atoms with E-state index in [-0.39, 0.29) is 17.2 Å². The zero-order valence-electron chi connectivity index (χ0n) is 13.0. The van der Waals surface area contributed by atoms with Gasteiger partial charge in [-0.15, -0.1) is 0 Å². The van der Waals surface area contributed by atoms with E-state index in [1.54, 1.807) is 12.0 Å². The molecule has 1 heterocycles. The Labute approximate surface area is 121 Å². The number of nitrogens with one attached hydrogen (secondary N) is 1. The lowest BCUT2D eigenvalue weighted by Crippen LogP contribution is -2.72.